The van der Waals surface area contributed by atoms with Crippen molar-refractivity contribution in [2.24, 2.45) is 4.36 Å². The predicted octanol–water partition coefficient (Wildman–Crippen LogP) is 3.96. The lowest BCUT2D eigenvalue weighted by Crippen LogP contribution is -1.95. The van der Waals surface area contributed by atoms with Crippen LogP contribution in [-0.2, 0) is 9.73 Å². The van der Waals surface area contributed by atoms with Crippen LogP contribution in [0.15, 0.2) is 70.1 Å². The average Bonchev–Trinajstić information content (AvgIpc) is 2.84. The minimum absolute atomic E-state index is 0.736. The highest BCUT2D eigenvalue weighted by Gasteiger charge is 2.12. The lowest BCUT2D eigenvalue weighted by Gasteiger charge is -2.03. The Morgan fingerprint density at radius 3 is 2.47 bits per heavy atom. The summed E-state index contributed by atoms with van der Waals surface area (Å²) in [4.78, 5) is 3.90. The Morgan fingerprint density at radius 1 is 1.00 bits per heavy atom. The molecule has 3 aromatic rings. The number of nitrogens with one attached hydrogen (secondary N) is 1. The fraction of sp³-hybridized carbons (Fsp3) is 0.0667. The Balaban J connectivity index is 2.20. The van der Waals surface area contributed by atoms with Gasteiger partial charge in [-0.1, -0.05) is 36.4 Å². The van der Waals surface area contributed by atoms with Gasteiger partial charge in [0, 0.05) is 23.4 Å². The van der Waals surface area contributed by atoms with Gasteiger partial charge in [0.05, 0.1) is 20.3 Å². The monoisotopic (exact) mass is 270 g/mol. The number of rotatable bonds is 2. The molecule has 1 N–H and O–H groups in total. The summed E-state index contributed by atoms with van der Waals surface area (Å²) in [5, 5.41) is 0.967. The maximum Gasteiger partial charge on any atom is 0.0792 e. The molecule has 1 atom stereocenters. The van der Waals surface area contributed by atoms with Gasteiger partial charge in [0.25, 0.3) is 0 Å². The summed E-state index contributed by atoms with van der Waals surface area (Å²) in [5.74, 6) is 0. The number of hydrogen-bond donors (Lipinski definition) is 1. The Kier molecular flexibility index (Phi) is 2.87. The number of nitrogens with zero attached hydrogens (tertiary/aromatic N) is 1. The van der Waals surface area contributed by atoms with Crippen LogP contribution in [-0.4, -0.2) is 15.4 Å². The summed E-state index contributed by atoms with van der Waals surface area (Å²) in [6.45, 7) is 0. The van der Waals surface area contributed by atoms with Gasteiger partial charge in [-0.05, 0) is 18.2 Å². The van der Waals surface area contributed by atoms with Crippen LogP contribution in [0.3, 0.4) is 0 Å². The molecule has 1 unspecified atom stereocenters. The van der Waals surface area contributed by atoms with Crippen molar-refractivity contribution in [3.8, 4) is 0 Å². The number of aromatic amines is 1. The van der Waals surface area contributed by atoms with E-state index in [1.165, 1.54) is 0 Å². The number of benzene rings is 2. The van der Waals surface area contributed by atoms with Crippen LogP contribution >= 0.6 is 0 Å². The van der Waals surface area contributed by atoms with Gasteiger partial charge in [-0.2, -0.15) is 4.36 Å². The van der Waals surface area contributed by atoms with Crippen LogP contribution < -0.4 is 0 Å². The highest BCUT2D eigenvalue weighted by atomic mass is 32.2. The molecular weight excluding hydrogens is 256 g/mol. The van der Waals surface area contributed by atoms with Crippen molar-refractivity contribution in [1.82, 2.24) is 4.98 Å². The first-order valence-electron chi connectivity index (χ1n) is 6.00. The van der Waals surface area contributed by atoms with E-state index >= 15 is 0 Å². The number of hydrogen-bond acceptors (Lipinski definition) is 2. The molecule has 0 radical (unpaired) electrons. The third-order valence-electron chi connectivity index (χ3n) is 3.00. The van der Waals surface area contributed by atoms with Crippen molar-refractivity contribution in [1.29, 1.82) is 0 Å². The fourth-order valence-corrected chi connectivity index (χ4v) is 3.58. The van der Waals surface area contributed by atoms with E-state index in [4.69, 9.17) is 0 Å². The Labute approximate surface area is 112 Å². The van der Waals surface area contributed by atoms with E-state index in [0.717, 1.165) is 21.5 Å². The maximum atomic E-state index is 12.8. The van der Waals surface area contributed by atoms with Crippen LogP contribution in [0.2, 0.25) is 0 Å². The second kappa shape index (κ2) is 4.55. The SMILES string of the molecule is CS(=O)(=Nc1ccccc1)c1c[nH]c2ccccc12. The molecule has 3 nitrogen and oxygen atoms in total. The molecule has 1 aromatic heterocycles. The Morgan fingerprint density at radius 2 is 1.68 bits per heavy atom. The molecule has 96 valence electrons. The van der Waals surface area contributed by atoms with E-state index in [1.807, 2.05) is 54.6 Å². The molecule has 0 bridgehead atoms. The zero-order valence-corrected chi connectivity index (χ0v) is 11.4. The van der Waals surface area contributed by atoms with Crippen LogP contribution in [0.4, 0.5) is 5.69 Å². The summed E-state index contributed by atoms with van der Waals surface area (Å²) >= 11 is 0. The zero-order chi connectivity index (χ0) is 13.3. The quantitative estimate of drug-likeness (QED) is 0.752. The lowest BCUT2D eigenvalue weighted by atomic mass is 10.2. The maximum absolute atomic E-state index is 12.8. The summed E-state index contributed by atoms with van der Waals surface area (Å²) < 4.78 is 17.2. The highest BCUT2D eigenvalue weighted by Crippen LogP contribution is 2.26. The van der Waals surface area contributed by atoms with Gasteiger partial charge in [0.1, 0.15) is 0 Å². The average molecular weight is 270 g/mol. The molecule has 4 heteroatoms. The molecular formula is C15H14N2OS. The minimum atomic E-state index is -2.45. The van der Waals surface area contributed by atoms with Crippen molar-refractivity contribution < 1.29 is 4.21 Å². The summed E-state index contributed by atoms with van der Waals surface area (Å²) in [7, 11) is -2.45. The van der Waals surface area contributed by atoms with Gasteiger partial charge in [-0.15, -0.1) is 0 Å². The molecule has 0 spiro atoms. The van der Waals surface area contributed by atoms with Crippen molar-refractivity contribution in [3.63, 3.8) is 0 Å². The highest BCUT2D eigenvalue weighted by molar-refractivity contribution is 7.93. The van der Waals surface area contributed by atoms with Crippen molar-refractivity contribution in [2.45, 2.75) is 4.90 Å². The van der Waals surface area contributed by atoms with Crippen molar-refractivity contribution >= 4 is 26.3 Å². The molecule has 1 heterocycles. The van der Waals surface area contributed by atoms with E-state index in [-0.39, 0.29) is 0 Å². The Bertz CT molecular complexity index is 827. The molecule has 0 saturated heterocycles. The summed E-state index contributed by atoms with van der Waals surface area (Å²) in [6.07, 6.45) is 3.47. The normalized spacial score (nSPS) is 14.2. The summed E-state index contributed by atoms with van der Waals surface area (Å²) in [5.41, 5.74) is 1.72. The number of aromatic nitrogens is 1. The lowest BCUT2D eigenvalue weighted by molar-refractivity contribution is 0.681. The molecule has 0 aliphatic heterocycles. The van der Waals surface area contributed by atoms with Gasteiger partial charge in [0.15, 0.2) is 0 Å². The van der Waals surface area contributed by atoms with Crippen molar-refractivity contribution in [3.05, 3.63) is 60.8 Å². The van der Waals surface area contributed by atoms with E-state index in [2.05, 4.69) is 9.35 Å². The molecule has 0 saturated carbocycles. The van der Waals surface area contributed by atoms with E-state index in [1.54, 1.807) is 12.5 Å². The molecule has 0 fully saturated rings. The standard InChI is InChI=1S/C15H14N2OS/c1-19(18,17-12-7-3-2-4-8-12)15-11-16-14-10-6-5-9-13(14)15/h2-11,16H,1H3. The number of fused-ring (bicyclic) bond motifs is 1. The molecule has 3 rings (SSSR count). The van der Waals surface area contributed by atoms with Gasteiger partial charge in [-0.3, -0.25) is 0 Å². The van der Waals surface area contributed by atoms with Gasteiger partial charge in [0.2, 0.25) is 0 Å². The van der Waals surface area contributed by atoms with Gasteiger partial charge < -0.3 is 4.98 Å². The Hall–Kier alpha value is -2.07. The van der Waals surface area contributed by atoms with Crippen LogP contribution in [0.5, 0.6) is 0 Å². The molecule has 19 heavy (non-hydrogen) atoms. The van der Waals surface area contributed by atoms with Crippen molar-refractivity contribution in [2.75, 3.05) is 6.26 Å². The van der Waals surface area contributed by atoms with Crippen LogP contribution in [0, 0.1) is 0 Å². The van der Waals surface area contributed by atoms with E-state index < -0.39 is 9.73 Å². The van der Waals surface area contributed by atoms with Gasteiger partial charge in [-0.25, -0.2) is 4.21 Å². The van der Waals surface area contributed by atoms with Crippen LogP contribution in [0.25, 0.3) is 10.9 Å². The van der Waals surface area contributed by atoms with E-state index in [0.29, 0.717) is 0 Å². The third-order valence-corrected chi connectivity index (χ3v) is 4.71. The summed E-state index contributed by atoms with van der Waals surface area (Å²) in [6, 6.07) is 17.2. The largest absolute Gasteiger partial charge is 0.360 e. The topological polar surface area (TPSA) is 45.2 Å². The smallest absolute Gasteiger partial charge is 0.0792 e. The van der Waals surface area contributed by atoms with Gasteiger partial charge >= 0.3 is 0 Å². The zero-order valence-electron chi connectivity index (χ0n) is 10.5. The molecule has 0 amide bonds. The van der Waals surface area contributed by atoms with E-state index in [9.17, 15) is 4.21 Å². The third kappa shape index (κ3) is 2.27. The van der Waals surface area contributed by atoms with Crippen LogP contribution in [0.1, 0.15) is 0 Å². The second-order valence-corrected chi connectivity index (χ2v) is 6.66. The first-order chi connectivity index (χ1) is 9.17. The first-order valence-corrected chi connectivity index (χ1v) is 7.92. The number of H-pyrrole nitrogens is 1. The molecule has 0 aliphatic rings. The first kappa shape index (κ1) is 12.0. The molecule has 2 aromatic carbocycles. The minimum Gasteiger partial charge on any atom is -0.360 e. The second-order valence-electron chi connectivity index (χ2n) is 4.43. The predicted molar refractivity (Wildman–Crippen MR) is 79.2 cm³/mol. The fourth-order valence-electron chi connectivity index (χ4n) is 2.10. The number of para-hydroxylation sites is 1. The molecule has 0 aliphatic carbocycles.